The Labute approximate surface area is 64.9 Å². The number of halogens is 1. The van der Waals surface area contributed by atoms with Crippen LogP contribution in [0, 0.1) is 0 Å². The van der Waals surface area contributed by atoms with Gasteiger partial charge in [0.1, 0.15) is 0 Å². The lowest BCUT2D eigenvalue weighted by Gasteiger charge is -1.87. The summed E-state index contributed by atoms with van der Waals surface area (Å²) in [5.74, 6) is 0. The Morgan fingerprint density at radius 1 is 1.70 bits per heavy atom. The fraction of sp³-hybridized carbons (Fsp3) is 0.143. The van der Waals surface area contributed by atoms with Crippen molar-refractivity contribution in [3.8, 4) is 0 Å². The van der Waals surface area contributed by atoms with Crippen molar-refractivity contribution in [1.29, 1.82) is 0 Å². The maximum absolute atomic E-state index is 10.5. The molecule has 0 fully saturated rings. The summed E-state index contributed by atoms with van der Waals surface area (Å²) in [5.41, 5.74) is 0.346. The van der Waals surface area contributed by atoms with Crippen molar-refractivity contribution < 1.29 is 4.79 Å². The summed E-state index contributed by atoms with van der Waals surface area (Å²) in [5, 5.41) is -0.523. The molecule has 0 amide bonds. The quantitative estimate of drug-likeness (QED) is 0.265. The van der Waals surface area contributed by atoms with E-state index in [1.165, 1.54) is 18.4 Å². The molecule has 0 bridgehead atoms. The van der Waals surface area contributed by atoms with Crippen LogP contribution in [-0.4, -0.2) is 18.5 Å². The molecule has 0 aromatic rings. The molecule has 0 aromatic heterocycles. The molecule has 0 radical (unpaired) electrons. The lowest BCUT2D eigenvalue weighted by atomic mass is 10.3. The molecule has 0 aliphatic heterocycles. The summed E-state index contributed by atoms with van der Waals surface area (Å²) in [6.45, 7) is 3.42. The van der Waals surface area contributed by atoms with Gasteiger partial charge in [-0.15, -0.1) is 0 Å². The summed E-state index contributed by atoms with van der Waals surface area (Å²) >= 11 is 5.16. The number of nitrogens with zero attached hydrogens (tertiary/aromatic N) is 1. The highest BCUT2D eigenvalue weighted by atomic mass is 35.5. The normalized spacial score (nSPS) is 12.0. The number of carbonyl (C=O) groups excluding carboxylic acids is 1. The van der Waals surface area contributed by atoms with Gasteiger partial charge in [-0.1, -0.05) is 12.7 Å². The zero-order valence-corrected chi connectivity index (χ0v) is 6.43. The Hall–Kier alpha value is -0.890. The van der Waals surface area contributed by atoms with Gasteiger partial charge in [0.2, 0.25) is 0 Å². The first-order valence-corrected chi connectivity index (χ1v) is 3.05. The highest BCUT2D eigenvalue weighted by Crippen LogP contribution is 1.96. The molecule has 0 saturated carbocycles. The fourth-order valence-corrected chi connectivity index (χ4v) is 0.537. The number of hydrogen-bond acceptors (Lipinski definition) is 2. The van der Waals surface area contributed by atoms with Gasteiger partial charge in [0.15, 0.2) is 0 Å². The average molecular weight is 158 g/mol. The summed E-state index contributed by atoms with van der Waals surface area (Å²) in [6.07, 6.45) is 4.37. The molecular weight excluding hydrogens is 150 g/mol. The van der Waals surface area contributed by atoms with Crippen LogP contribution >= 0.6 is 11.6 Å². The predicted octanol–water partition coefficient (Wildman–Crippen LogP) is 1.56. The molecule has 0 rings (SSSR count). The van der Waals surface area contributed by atoms with E-state index in [1.807, 2.05) is 0 Å². The van der Waals surface area contributed by atoms with E-state index in [4.69, 9.17) is 11.6 Å². The average Bonchev–Trinajstić information content (AvgIpc) is 1.87. The molecular formula is C7H8ClNO. The highest BCUT2D eigenvalue weighted by Gasteiger charge is 1.98. The van der Waals surface area contributed by atoms with Gasteiger partial charge in [0, 0.05) is 13.3 Å². The molecule has 2 nitrogen and oxygen atoms in total. The van der Waals surface area contributed by atoms with Gasteiger partial charge < -0.3 is 0 Å². The zero-order valence-electron chi connectivity index (χ0n) is 5.67. The standard InChI is InChI=1S/C7H8ClNO/c1-3-4-6(5-9-2)7(8)10/h3-5H,1H2,2H3/b6-4+,9-5-. The van der Waals surface area contributed by atoms with Crippen molar-refractivity contribution in [3.05, 3.63) is 24.3 Å². The second-order valence-corrected chi connectivity index (χ2v) is 1.86. The van der Waals surface area contributed by atoms with E-state index < -0.39 is 5.24 Å². The van der Waals surface area contributed by atoms with Crippen LogP contribution < -0.4 is 0 Å². The number of hydrogen-bond donors (Lipinski definition) is 0. The van der Waals surface area contributed by atoms with Crippen molar-refractivity contribution in [2.24, 2.45) is 4.99 Å². The van der Waals surface area contributed by atoms with Crippen LogP contribution in [0.3, 0.4) is 0 Å². The Morgan fingerprint density at radius 3 is 2.60 bits per heavy atom. The Bertz CT molecular complexity index is 194. The van der Waals surface area contributed by atoms with Crippen LogP contribution in [0.25, 0.3) is 0 Å². The monoisotopic (exact) mass is 157 g/mol. The van der Waals surface area contributed by atoms with Gasteiger partial charge >= 0.3 is 0 Å². The number of allylic oxidation sites excluding steroid dienone is 3. The van der Waals surface area contributed by atoms with E-state index in [2.05, 4.69) is 11.6 Å². The summed E-state index contributed by atoms with van der Waals surface area (Å²) in [4.78, 5) is 14.1. The largest absolute Gasteiger partial charge is 0.296 e. The van der Waals surface area contributed by atoms with Crippen molar-refractivity contribution in [2.75, 3.05) is 7.05 Å². The second kappa shape index (κ2) is 4.94. The third-order valence-electron chi connectivity index (χ3n) is 0.793. The van der Waals surface area contributed by atoms with Crippen LogP contribution in [-0.2, 0) is 4.79 Å². The van der Waals surface area contributed by atoms with Gasteiger partial charge in [-0.05, 0) is 17.7 Å². The first kappa shape index (κ1) is 9.11. The van der Waals surface area contributed by atoms with Crippen LogP contribution in [0.15, 0.2) is 29.3 Å². The smallest absolute Gasteiger partial charge is 0.253 e. The van der Waals surface area contributed by atoms with Gasteiger partial charge in [0.05, 0.1) is 5.57 Å². The van der Waals surface area contributed by atoms with E-state index in [0.717, 1.165) is 0 Å². The third kappa shape index (κ3) is 3.20. The molecule has 0 heterocycles. The number of carbonyl (C=O) groups is 1. The SMILES string of the molecule is C=C/C=C(\C=N/C)C(=O)Cl. The maximum Gasteiger partial charge on any atom is 0.253 e. The lowest BCUT2D eigenvalue weighted by molar-refractivity contribution is -0.108. The highest BCUT2D eigenvalue weighted by molar-refractivity contribution is 6.70. The molecule has 0 aromatic carbocycles. The molecule has 54 valence electrons. The molecule has 0 unspecified atom stereocenters. The molecule has 0 atom stereocenters. The Kier molecular flexibility index (Phi) is 4.50. The fourth-order valence-electron chi connectivity index (χ4n) is 0.425. The summed E-state index contributed by atoms with van der Waals surface area (Å²) in [7, 11) is 1.57. The molecule has 3 heteroatoms. The van der Waals surface area contributed by atoms with E-state index in [0.29, 0.717) is 5.57 Å². The Morgan fingerprint density at radius 2 is 2.30 bits per heavy atom. The third-order valence-corrected chi connectivity index (χ3v) is 1.01. The van der Waals surface area contributed by atoms with Crippen molar-refractivity contribution in [2.45, 2.75) is 0 Å². The summed E-state index contributed by atoms with van der Waals surface area (Å²) in [6, 6.07) is 0. The molecule has 0 aliphatic carbocycles. The Balaban J connectivity index is 4.41. The minimum atomic E-state index is -0.523. The minimum Gasteiger partial charge on any atom is -0.296 e. The van der Waals surface area contributed by atoms with Crippen LogP contribution in [0.2, 0.25) is 0 Å². The maximum atomic E-state index is 10.5. The first-order chi connectivity index (χ1) is 4.72. The lowest BCUT2D eigenvalue weighted by Crippen LogP contribution is -1.93. The van der Waals surface area contributed by atoms with Crippen LogP contribution in [0.4, 0.5) is 0 Å². The molecule has 10 heavy (non-hydrogen) atoms. The molecule has 0 N–H and O–H groups in total. The van der Waals surface area contributed by atoms with Gasteiger partial charge in [-0.2, -0.15) is 0 Å². The molecule has 0 aliphatic rings. The van der Waals surface area contributed by atoms with E-state index in [1.54, 1.807) is 7.05 Å². The van der Waals surface area contributed by atoms with Crippen molar-refractivity contribution in [1.82, 2.24) is 0 Å². The number of aliphatic imine (C=N–C) groups is 1. The van der Waals surface area contributed by atoms with Gasteiger partial charge in [0.25, 0.3) is 5.24 Å². The van der Waals surface area contributed by atoms with Crippen LogP contribution in [0.1, 0.15) is 0 Å². The van der Waals surface area contributed by atoms with Crippen molar-refractivity contribution >= 4 is 23.1 Å². The minimum absolute atomic E-state index is 0.346. The van der Waals surface area contributed by atoms with Gasteiger partial charge in [-0.25, -0.2) is 0 Å². The first-order valence-electron chi connectivity index (χ1n) is 2.67. The van der Waals surface area contributed by atoms with E-state index in [9.17, 15) is 4.79 Å². The number of rotatable bonds is 3. The zero-order chi connectivity index (χ0) is 7.98. The predicted molar refractivity (Wildman–Crippen MR) is 43.6 cm³/mol. The molecule has 0 spiro atoms. The second-order valence-electron chi connectivity index (χ2n) is 1.52. The topological polar surface area (TPSA) is 29.4 Å². The summed E-state index contributed by atoms with van der Waals surface area (Å²) < 4.78 is 0. The van der Waals surface area contributed by atoms with Gasteiger partial charge in [-0.3, -0.25) is 9.79 Å². The van der Waals surface area contributed by atoms with E-state index in [-0.39, 0.29) is 0 Å². The van der Waals surface area contributed by atoms with Crippen molar-refractivity contribution in [3.63, 3.8) is 0 Å². The van der Waals surface area contributed by atoms with E-state index >= 15 is 0 Å². The molecule has 0 saturated heterocycles. The van der Waals surface area contributed by atoms with Crippen LogP contribution in [0.5, 0.6) is 0 Å².